The van der Waals surface area contributed by atoms with Gasteiger partial charge in [0.15, 0.2) is 0 Å². The second kappa shape index (κ2) is 9.23. The molecule has 0 unspecified atom stereocenters. The van der Waals surface area contributed by atoms with E-state index in [2.05, 4.69) is 12.2 Å². The first kappa shape index (κ1) is 12.1. The first-order valence-electron chi connectivity index (χ1n) is 5.01. The number of nitrogens with one attached hydrogen (secondary N) is 1. The summed E-state index contributed by atoms with van der Waals surface area (Å²) in [4.78, 5) is 21.0. The minimum absolute atomic E-state index is 0.0675. The lowest BCUT2D eigenvalue weighted by molar-refractivity contribution is -0.121. The molecular formula is C10H19NO2. The Kier molecular flexibility index (Phi) is 8.62. The highest BCUT2D eigenvalue weighted by molar-refractivity contribution is 5.76. The van der Waals surface area contributed by atoms with Crippen molar-refractivity contribution in [3.63, 3.8) is 0 Å². The molecule has 13 heavy (non-hydrogen) atoms. The number of hydrogen-bond donors (Lipinski definition) is 1. The molecule has 0 saturated carbocycles. The molecule has 3 heteroatoms. The molecule has 1 amide bonds. The Morgan fingerprint density at radius 3 is 2.69 bits per heavy atom. The molecule has 0 aliphatic rings. The maximum absolute atomic E-state index is 11.1. The minimum atomic E-state index is 0.0675. The van der Waals surface area contributed by atoms with E-state index in [-0.39, 0.29) is 5.91 Å². The molecule has 0 bridgehead atoms. The van der Waals surface area contributed by atoms with E-state index in [0.29, 0.717) is 19.3 Å². The summed E-state index contributed by atoms with van der Waals surface area (Å²) in [7, 11) is 0. The van der Waals surface area contributed by atoms with Gasteiger partial charge >= 0.3 is 0 Å². The maximum atomic E-state index is 11.1. The smallest absolute Gasteiger partial charge is 0.220 e. The molecular weight excluding hydrogens is 166 g/mol. The summed E-state index contributed by atoms with van der Waals surface area (Å²) in [6.07, 6.45) is 5.87. The van der Waals surface area contributed by atoms with Crippen LogP contribution in [0.3, 0.4) is 0 Å². The lowest BCUT2D eigenvalue weighted by Gasteiger charge is -2.02. The van der Waals surface area contributed by atoms with Gasteiger partial charge in [-0.3, -0.25) is 4.79 Å². The summed E-state index contributed by atoms with van der Waals surface area (Å²) in [5.74, 6) is 0.0675. The minimum Gasteiger partial charge on any atom is -0.356 e. The van der Waals surface area contributed by atoms with Gasteiger partial charge < -0.3 is 10.1 Å². The van der Waals surface area contributed by atoms with Crippen LogP contribution in [-0.2, 0) is 9.59 Å². The Hall–Kier alpha value is -0.860. The van der Waals surface area contributed by atoms with E-state index in [1.165, 1.54) is 6.42 Å². The van der Waals surface area contributed by atoms with E-state index in [4.69, 9.17) is 0 Å². The van der Waals surface area contributed by atoms with Crippen molar-refractivity contribution in [1.29, 1.82) is 0 Å². The van der Waals surface area contributed by atoms with Crippen molar-refractivity contribution >= 4 is 12.2 Å². The van der Waals surface area contributed by atoms with Crippen molar-refractivity contribution in [3.8, 4) is 0 Å². The van der Waals surface area contributed by atoms with Gasteiger partial charge in [0.25, 0.3) is 0 Å². The first-order chi connectivity index (χ1) is 6.31. The fourth-order valence-electron chi connectivity index (χ4n) is 1.04. The summed E-state index contributed by atoms with van der Waals surface area (Å²) in [6.45, 7) is 2.90. The zero-order valence-electron chi connectivity index (χ0n) is 8.34. The van der Waals surface area contributed by atoms with Crippen molar-refractivity contribution in [3.05, 3.63) is 0 Å². The van der Waals surface area contributed by atoms with Gasteiger partial charge in [-0.25, -0.2) is 0 Å². The van der Waals surface area contributed by atoms with Crippen LogP contribution in [0.5, 0.6) is 0 Å². The summed E-state index contributed by atoms with van der Waals surface area (Å²) in [5, 5.41) is 2.82. The van der Waals surface area contributed by atoms with Crippen LogP contribution < -0.4 is 5.32 Å². The maximum Gasteiger partial charge on any atom is 0.220 e. The highest BCUT2D eigenvalue weighted by Crippen LogP contribution is 1.94. The standard InChI is InChI=1S/C10H19NO2/c1-2-3-5-8-11-10(13)7-4-6-9-12/h9H,2-8H2,1H3,(H,11,13). The van der Waals surface area contributed by atoms with Crippen LogP contribution in [-0.4, -0.2) is 18.7 Å². The van der Waals surface area contributed by atoms with Gasteiger partial charge in [-0.15, -0.1) is 0 Å². The molecule has 0 aromatic heterocycles. The van der Waals surface area contributed by atoms with E-state index < -0.39 is 0 Å². The average molecular weight is 185 g/mol. The van der Waals surface area contributed by atoms with Crippen LogP contribution in [0.25, 0.3) is 0 Å². The van der Waals surface area contributed by atoms with E-state index in [9.17, 15) is 9.59 Å². The molecule has 0 saturated heterocycles. The van der Waals surface area contributed by atoms with Gasteiger partial charge in [0.2, 0.25) is 5.91 Å². The van der Waals surface area contributed by atoms with Gasteiger partial charge in [0, 0.05) is 19.4 Å². The number of rotatable bonds is 8. The van der Waals surface area contributed by atoms with Crippen LogP contribution in [0.1, 0.15) is 45.4 Å². The lowest BCUT2D eigenvalue weighted by Crippen LogP contribution is -2.23. The zero-order valence-corrected chi connectivity index (χ0v) is 8.34. The molecule has 0 fully saturated rings. The van der Waals surface area contributed by atoms with Gasteiger partial charge in [-0.05, 0) is 12.8 Å². The Bertz CT molecular complexity index is 146. The number of unbranched alkanes of at least 4 members (excludes halogenated alkanes) is 3. The largest absolute Gasteiger partial charge is 0.356 e. The number of carbonyl (C=O) groups is 2. The van der Waals surface area contributed by atoms with Crippen LogP contribution in [0.15, 0.2) is 0 Å². The Morgan fingerprint density at radius 2 is 2.08 bits per heavy atom. The van der Waals surface area contributed by atoms with E-state index in [0.717, 1.165) is 25.7 Å². The van der Waals surface area contributed by atoms with Gasteiger partial charge in [0.1, 0.15) is 6.29 Å². The highest BCUT2D eigenvalue weighted by atomic mass is 16.1. The predicted molar refractivity (Wildman–Crippen MR) is 52.4 cm³/mol. The van der Waals surface area contributed by atoms with E-state index in [1.807, 2.05) is 0 Å². The molecule has 0 spiro atoms. The first-order valence-corrected chi connectivity index (χ1v) is 5.01. The summed E-state index contributed by atoms with van der Waals surface area (Å²) >= 11 is 0. The quantitative estimate of drug-likeness (QED) is 0.462. The monoisotopic (exact) mass is 185 g/mol. The van der Waals surface area contributed by atoms with Crippen LogP contribution >= 0.6 is 0 Å². The number of aldehydes is 1. The molecule has 0 aromatic rings. The van der Waals surface area contributed by atoms with Gasteiger partial charge in [0.05, 0.1) is 0 Å². The third kappa shape index (κ3) is 9.05. The fraction of sp³-hybridized carbons (Fsp3) is 0.800. The molecule has 1 N–H and O–H groups in total. The predicted octanol–water partition coefficient (Wildman–Crippen LogP) is 1.66. The SMILES string of the molecule is CCCCCNC(=O)CCCC=O. The van der Waals surface area contributed by atoms with Crippen molar-refractivity contribution in [2.45, 2.75) is 45.4 Å². The van der Waals surface area contributed by atoms with Crippen molar-refractivity contribution in [1.82, 2.24) is 5.32 Å². The second-order valence-electron chi connectivity index (χ2n) is 3.12. The molecule has 76 valence electrons. The Morgan fingerprint density at radius 1 is 1.31 bits per heavy atom. The molecule has 0 aromatic carbocycles. The van der Waals surface area contributed by atoms with Crippen LogP contribution in [0, 0.1) is 0 Å². The normalized spacial score (nSPS) is 9.62. The molecule has 3 nitrogen and oxygen atoms in total. The van der Waals surface area contributed by atoms with Crippen molar-refractivity contribution in [2.75, 3.05) is 6.54 Å². The van der Waals surface area contributed by atoms with Crippen molar-refractivity contribution < 1.29 is 9.59 Å². The molecule has 0 radical (unpaired) electrons. The average Bonchev–Trinajstić information content (AvgIpc) is 2.13. The molecule has 0 aliphatic heterocycles. The lowest BCUT2D eigenvalue weighted by atomic mass is 10.2. The van der Waals surface area contributed by atoms with E-state index >= 15 is 0 Å². The number of hydrogen-bond acceptors (Lipinski definition) is 2. The van der Waals surface area contributed by atoms with E-state index in [1.54, 1.807) is 0 Å². The number of amides is 1. The molecule has 0 heterocycles. The Balaban J connectivity index is 3.15. The summed E-state index contributed by atoms with van der Waals surface area (Å²) in [5.41, 5.74) is 0. The fourth-order valence-corrected chi connectivity index (χ4v) is 1.04. The summed E-state index contributed by atoms with van der Waals surface area (Å²) in [6, 6.07) is 0. The third-order valence-corrected chi connectivity index (χ3v) is 1.83. The number of carbonyl (C=O) groups excluding carboxylic acids is 2. The molecule has 0 rings (SSSR count). The second-order valence-corrected chi connectivity index (χ2v) is 3.12. The zero-order chi connectivity index (χ0) is 9.94. The van der Waals surface area contributed by atoms with Crippen LogP contribution in [0.4, 0.5) is 0 Å². The Labute approximate surface area is 79.9 Å². The van der Waals surface area contributed by atoms with Gasteiger partial charge in [-0.2, -0.15) is 0 Å². The van der Waals surface area contributed by atoms with Gasteiger partial charge in [-0.1, -0.05) is 19.8 Å². The van der Waals surface area contributed by atoms with Crippen molar-refractivity contribution in [2.24, 2.45) is 0 Å². The third-order valence-electron chi connectivity index (χ3n) is 1.83. The topological polar surface area (TPSA) is 46.2 Å². The molecule has 0 atom stereocenters. The summed E-state index contributed by atoms with van der Waals surface area (Å²) < 4.78 is 0. The highest BCUT2D eigenvalue weighted by Gasteiger charge is 1.98. The van der Waals surface area contributed by atoms with Crippen LogP contribution in [0.2, 0.25) is 0 Å². The molecule has 0 aliphatic carbocycles.